The van der Waals surface area contributed by atoms with Gasteiger partial charge in [0.05, 0.1) is 5.75 Å². The van der Waals surface area contributed by atoms with Crippen LogP contribution in [0.1, 0.15) is 38.9 Å². The summed E-state index contributed by atoms with van der Waals surface area (Å²) in [5.41, 5.74) is 0. The van der Waals surface area contributed by atoms with E-state index in [0.29, 0.717) is 5.92 Å². The molecule has 1 fully saturated rings. The number of thioether (sulfide) groups is 1. The highest BCUT2D eigenvalue weighted by Crippen LogP contribution is 2.26. The van der Waals surface area contributed by atoms with Crippen molar-refractivity contribution in [3.05, 3.63) is 11.7 Å². The molecule has 0 bridgehead atoms. The summed E-state index contributed by atoms with van der Waals surface area (Å²) in [6, 6.07) is 0. The van der Waals surface area contributed by atoms with E-state index in [1.807, 2.05) is 11.8 Å². The van der Waals surface area contributed by atoms with Gasteiger partial charge in [-0.3, -0.25) is 0 Å². The van der Waals surface area contributed by atoms with Crippen molar-refractivity contribution >= 4 is 11.8 Å². The van der Waals surface area contributed by atoms with Crippen LogP contribution in [0.2, 0.25) is 0 Å². The van der Waals surface area contributed by atoms with E-state index in [2.05, 4.69) is 36.2 Å². The van der Waals surface area contributed by atoms with E-state index >= 15 is 0 Å². The third kappa shape index (κ3) is 4.32. The lowest BCUT2D eigenvalue weighted by Gasteiger charge is -2.15. The van der Waals surface area contributed by atoms with Gasteiger partial charge in [0.25, 0.3) is 0 Å². The first kappa shape index (κ1) is 12.9. The molecule has 1 aromatic rings. The highest BCUT2D eigenvalue weighted by atomic mass is 32.2. The second-order valence-electron chi connectivity index (χ2n) is 5.57. The van der Waals surface area contributed by atoms with Crippen molar-refractivity contribution < 1.29 is 4.52 Å². The van der Waals surface area contributed by atoms with Crippen molar-refractivity contribution in [2.24, 2.45) is 5.92 Å². The molecule has 2 heterocycles. The molecule has 1 atom stereocenters. The van der Waals surface area contributed by atoms with Crippen LogP contribution in [-0.2, 0) is 12.2 Å². The molecule has 0 amide bonds. The smallest absolute Gasteiger partial charge is 0.226 e. The zero-order chi connectivity index (χ0) is 12.3. The summed E-state index contributed by atoms with van der Waals surface area (Å²) in [5, 5.41) is 7.38. The highest BCUT2D eigenvalue weighted by Gasteiger charge is 2.19. The molecule has 1 aromatic heterocycles. The second-order valence-corrected chi connectivity index (χ2v) is 7.37. The molecule has 0 radical (unpaired) electrons. The normalized spacial score (nSPS) is 21.0. The number of rotatable bonds is 4. The van der Waals surface area contributed by atoms with Crippen LogP contribution in [0.25, 0.3) is 0 Å². The van der Waals surface area contributed by atoms with Gasteiger partial charge in [0, 0.05) is 11.2 Å². The van der Waals surface area contributed by atoms with Crippen molar-refractivity contribution in [3.8, 4) is 0 Å². The molecule has 1 aliphatic heterocycles. The van der Waals surface area contributed by atoms with Gasteiger partial charge in [0.15, 0.2) is 5.82 Å². The van der Waals surface area contributed by atoms with Crippen LogP contribution in [0.3, 0.4) is 0 Å². The minimum Gasteiger partial charge on any atom is -0.339 e. The van der Waals surface area contributed by atoms with Gasteiger partial charge in [-0.05, 0) is 25.4 Å². The Balaban J connectivity index is 1.83. The minimum absolute atomic E-state index is 0.246. The van der Waals surface area contributed by atoms with Gasteiger partial charge in [-0.15, -0.1) is 11.8 Å². The number of aromatic nitrogens is 2. The first-order valence-electron chi connectivity index (χ1n) is 6.19. The summed E-state index contributed by atoms with van der Waals surface area (Å²) in [7, 11) is 0. The molecule has 1 saturated heterocycles. The van der Waals surface area contributed by atoms with E-state index in [1.165, 1.54) is 6.42 Å². The summed E-state index contributed by atoms with van der Waals surface area (Å²) in [6.45, 7) is 8.79. The fourth-order valence-electron chi connectivity index (χ4n) is 1.85. The first-order valence-corrected chi connectivity index (χ1v) is 7.17. The lowest BCUT2D eigenvalue weighted by molar-refractivity contribution is 0.354. The summed E-state index contributed by atoms with van der Waals surface area (Å²) in [4.78, 5) is 4.45. The summed E-state index contributed by atoms with van der Waals surface area (Å²) < 4.78 is 5.54. The zero-order valence-electron chi connectivity index (χ0n) is 10.8. The Bertz CT molecular complexity index is 353. The SMILES string of the molecule is CC(C)(C)SCc1noc(CC2CCNC2)n1. The lowest BCUT2D eigenvalue weighted by atomic mass is 10.1. The summed E-state index contributed by atoms with van der Waals surface area (Å²) in [6.07, 6.45) is 2.13. The zero-order valence-corrected chi connectivity index (χ0v) is 11.6. The van der Waals surface area contributed by atoms with Crippen molar-refractivity contribution in [2.75, 3.05) is 13.1 Å². The molecule has 4 nitrogen and oxygen atoms in total. The largest absolute Gasteiger partial charge is 0.339 e. The molecule has 2 rings (SSSR count). The van der Waals surface area contributed by atoms with Gasteiger partial charge in [0.1, 0.15) is 0 Å². The maximum absolute atomic E-state index is 5.29. The van der Waals surface area contributed by atoms with Crippen molar-refractivity contribution in [1.82, 2.24) is 15.5 Å². The Morgan fingerprint density at radius 3 is 2.94 bits per heavy atom. The number of nitrogens with one attached hydrogen (secondary N) is 1. The van der Waals surface area contributed by atoms with Gasteiger partial charge in [-0.2, -0.15) is 4.98 Å². The predicted molar refractivity (Wildman–Crippen MR) is 70.0 cm³/mol. The molecule has 17 heavy (non-hydrogen) atoms. The monoisotopic (exact) mass is 255 g/mol. The van der Waals surface area contributed by atoms with E-state index in [-0.39, 0.29) is 4.75 Å². The van der Waals surface area contributed by atoms with Crippen molar-refractivity contribution in [2.45, 2.75) is 44.1 Å². The molecule has 1 N–H and O–H groups in total. The van der Waals surface area contributed by atoms with Gasteiger partial charge in [0.2, 0.25) is 5.89 Å². The van der Waals surface area contributed by atoms with Crippen molar-refractivity contribution in [3.63, 3.8) is 0 Å². The quantitative estimate of drug-likeness (QED) is 0.894. The lowest BCUT2D eigenvalue weighted by Crippen LogP contribution is -2.11. The molecular weight excluding hydrogens is 234 g/mol. The summed E-state index contributed by atoms with van der Waals surface area (Å²) in [5.74, 6) is 3.11. The van der Waals surface area contributed by atoms with E-state index in [0.717, 1.165) is 37.0 Å². The molecule has 1 aliphatic rings. The molecule has 1 unspecified atom stereocenters. The number of hydrogen-bond donors (Lipinski definition) is 1. The van der Waals surface area contributed by atoms with Crippen LogP contribution in [0.4, 0.5) is 0 Å². The standard InChI is InChI=1S/C12H21N3OS/c1-12(2,3)17-8-10-14-11(16-15-10)6-9-4-5-13-7-9/h9,13H,4-8H2,1-3H3. The van der Waals surface area contributed by atoms with Crippen LogP contribution in [0.5, 0.6) is 0 Å². The molecular formula is C12H21N3OS. The molecule has 5 heteroatoms. The van der Waals surface area contributed by atoms with Crippen molar-refractivity contribution in [1.29, 1.82) is 0 Å². The van der Waals surface area contributed by atoms with Crippen LogP contribution in [-0.4, -0.2) is 28.0 Å². The highest BCUT2D eigenvalue weighted by molar-refractivity contribution is 7.99. The Kier molecular flexibility index (Phi) is 4.09. The Labute approximate surface area is 107 Å². The molecule has 0 spiro atoms. The maximum Gasteiger partial charge on any atom is 0.226 e. The fraction of sp³-hybridized carbons (Fsp3) is 0.833. The third-order valence-electron chi connectivity index (χ3n) is 2.77. The maximum atomic E-state index is 5.29. The predicted octanol–water partition coefficient (Wildman–Crippen LogP) is 2.25. The topological polar surface area (TPSA) is 51.0 Å². The third-order valence-corrected chi connectivity index (χ3v) is 4.04. The summed E-state index contributed by atoms with van der Waals surface area (Å²) >= 11 is 1.85. The molecule has 0 aromatic carbocycles. The second kappa shape index (κ2) is 5.40. The van der Waals surface area contributed by atoms with Gasteiger partial charge in [-0.25, -0.2) is 0 Å². The molecule has 96 valence electrons. The van der Waals surface area contributed by atoms with Gasteiger partial charge in [-0.1, -0.05) is 25.9 Å². The average Bonchev–Trinajstić information content (AvgIpc) is 2.86. The Morgan fingerprint density at radius 2 is 2.29 bits per heavy atom. The van der Waals surface area contributed by atoms with Crippen LogP contribution in [0.15, 0.2) is 4.52 Å². The first-order chi connectivity index (χ1) is 8.03. The number of nitrogens with zero attached hydrogens (tertiary/aromatic N) is 2. The van der Waals surface area contributed by atoms with Crippen LogP contribution in [0, 0.1) is 5.92 Å². The number of hydrogen-bond acceptors (Lipinski definition) is 5. The van der Waals surface area contributed by atoms with E-state index in [9.17, 15) is 0 Å². The van der Waals surface area contributed by atoms with Crippen LogP contribution >= 0.6 is 11.8 Å². The van der Waals surface area contributed by atoms with Gasteiger partial charge >= 0.3 is 0 Å². The van der Waals surface area contributed by atoms with Gasteiger partial charge < -0.3 is 9.84 Å². The minimum atomic E-state index is 0.246. The van der Waals surface area contributed by atoms with E-state index in [4.69, 9.17) is 4.52 Å². The van der Waals surface area contributed by atoms with E-state index in [1.54, 1.807) is 0 Å². The Morgan fingerprint density at radius 1 is 1.47 bits per heavy atom. The van der Waals surface area contributed by atoms with Crippen LogP contribution < -0.4 is 5.32 Å². The Hall–Kier alpha value is -0.550. The average molecular weight is 255 g/mol. The molecule has 0 saturated carbocycles. The molecule has 0 aliphatic carbocycles. The van der Waals surface area contributed by atoms with E-state index < -0.39 is 0 Å². The fourth-order valence-corrected chi connectivity index (χ4v) is 2.53.